The van der Waals surface area contributed by atoms with E-state index in [9.17, 15) is 0 Å². The average Bonchev–Trinajstić information content (AvgIpc) is 2.25. The minimum atomic E-state index is -0.0507. The molecule has 2 unspecified atom stereocenters. The predicted molar refractivity (Wildman–Crippen MR) is 59.5 cm³/mol. The first kappa shape index (κ1) is 12.4. The molecule has 1 fully saturated rings. The van der Waals surface area contributed by atoms with Crippen LogP contribution in [0.15, 0.2) is 0 Å². The highest BCUT2D eigenvalue weighted by molar-refractivity contribution is 4.95. The molecule has 1 N–H and O–H groups in total. The zero-order chi connectivity index (χ0) is 11.1. The zero-order valence-corrected chi connectivity index (χ0v) is 9.70. The summed E-state index contributed by atoms with van der Waals surface area (Å²) in [4.78, 5) is 2.11. The molecule has 0 aromatic rings. The Kier molecular flexibility index (Phi) is 5.62. The van der Waals surface area contributed by atoms with Crippen molar-refractivity contribution in [1.82, 2.24) is 10.2 Å². The lowest BCUT2D eigenvalue weighted by Crippen LogP contribution is -2.41. The second kappa shape index (κ2) is 6.78. The molecule has 2 atom stereocenters. The van der Waals surface area contributed by atoms with E-state index in [2.05, 4.69) is 16.3 Å². The molecule has 1 heterocycles. The molecule has 0 aliphatic carbocycles. The topological polar surface area (TPSA) is 48.3 Å². The van der Waals surface area contributed by atoms with E-state index in [1.165, 1.54) is 0 Å². The van der Waals surface area contributed by atoms with Gasteiger partial charge in [0, 0.05) is 25.6 Å². The van der Waals surface area contributed by atoms with Crippen molar-refractivity contribution in [1.29, 1.82) is 5.26 Å². The third-order valence-electron chi connectivity index (χ3n) is 2.73. The highest BCUT2D eigenvalue weighted by atomic mass is 16.5. The van der Waals surface area contributed by atoms with Gasteiger partial charge in [-0.05, 0) is 26.9 Å². The van der Waals surface area contributed by atoms with Crippen molar-refractivity contribution < 1.29 is 4.74 Å². The highest BCUT2D eigenvalue weighted by Gasteiger charge is 2.23. The fourth-order valence-corrected chi connectivity index (χ4v) is 1.79. The van der Waals surface area contributed by atoms with Crippen LogP contribution in [0.4, 0.5) is 0 Å². The van der Waals surface area contributed by atoms with Gasteiger partial charge in [-0.25, -0.2) is 0 Å². The monoisotopic (exact) mass is 211 g/mol. The Balaban J connectivity index is 2.25. The molecule has 0 aromatic heterocycles. The second-order valence-electron chi connectivity index (χ2n) is 4.34. The predicted octanol–water partition coefficient (Wildman–Crippen LogP) is 0.456. The van der Waals surface area contributed by atoms with Crippen molar-refractivity contribution >= 4 is 0 Å². The Labute approximate surface area is 92.2 Å². The van der Waals surface area contributed by atoms with Crippen molar-refractivity contribution in [3.63, 3.8) is 0 Å². The summed E-state index contributed by atoms with van der Waals surface area (Å²) in [6.45, 7) is 3.41. The van der Waals surface area contributed by atoms with Gasteiger partial charge in [0.2, 0.25) is 0 Å². The summed E-state index contributed by atoms with van der Waals surface area (Å²) < 4.78 is 5.39. The largest absolute Gasteiger partial charge is 0.381 e. The summed E-state index contributed by atoms with van der Waals surface area (Å²) in [5.41, 5.74) is 0. The van der Waals surface area contributed by atoms with Gasteiger partial charge >= 0.3 is 0 Å². The lowest BCUT2D eigenvalue weighted by Gasteiger charge is -2.26. The lowest BCUT2D eigenvalue weighted by molar-refractivity contribution is 0.0466. The fourth-order valence-electron chi connectivity index (χ4n) is 1.79. The van der Waals surface area contributed by atoms with E-state index >= 15 is 0 Å². The molecule has 4 heteroatoms. The summed E-state index contributed by atoms with van der Waals surface area (Å²) in [6.07, 6.45) is 2.19. The third kappa shape index (κ3) is 4.61. The van der Waals surface area contributed by atoms with Gasteiger partial charge in [0.1, 0.15) is 6.04 Å². The van der Waals surface area contributed by atoms with Gasteiger partial charge in [-0.2, -0.15) is 5.26 Å². The standard InChI is InChI=1S/C11H21N3O/c1-14(2)6-5-13-11(8-12)10-4-3-7-15-9-10/h10-11,13H,3-7,9H2,1-2H3. The van der Waals surface area contributed by atoms with Crippen LogP contribution in [0.5, 0.6) is 0 Å². The highest BCUT2D eigenvalue weighted by Crippen LogP contribution is 2.16. The number of nitriles is 1. The zero-order valence-electron chi connectivity index (χ0n) is 9.70. The summed E-state index contributed by atoms with van der Waals surface area (Å²) in [5.74, 6) is 0.367. The van der Waals surface area contributed by atoms with Gasteiger partial charge < -0.3 is 15.0 Å². The summed E-state index contributed by atoms with van der Waals surface area (Å²) in [7, 11) is 4.07. The second-order valence-corrected chi connectivity index (χ2v) is 4.34. The van der Waals surface area contributed by atoms with E-state index in [-0.39, 0.29) is 6.04 Å². The maximum atomic E-state index is 9.06. The van der Waals surface area contributed by atoms with Crippen LogP contribution in [-0.2, 0) is 4.74 Å². The number of hydrogen-bond acceptors (Lipinski definition) is 4. The van der Waals surface area contributed by atoms with Crippen molar-refractivity contribution in [2.45, 2.75) is 18.9 Å². The van der Waals surface area contributed by atoms with Crippen molar-refractivity contribution in [2.24, 2.45) is 5.92 Å². The number of hydrogen-bond donors (Lipinski definition) is 1. The first-order chi connectivity index (χ1) is 7.24. The number of nitrogens with one attached hydrogen (secondary N) is 1. The quantitative estimate of drug-likeness (QED) is 0.717. The van der Waals surface area contributed by atoms with Crippen LogP contribution in [0.2, 0.25) is 0 Å². The summed E-state index contributed by atoms with van der Waals surface area (Å²) in [6, 6.07) is 2.29. The van der Waals surface area contributed by atoms with Crippen LogP contribution in [0.25, 0.3) is 0 Å². The van der Waals surface area contributed by atoms with Gasteiger partial charge in [0.05, 0.1) is 12.7 Å². The molecule has 1 aliphatic heterocycles. The SMILES string of the molecule is CN(C)CCNC(C#N)C1CCCOC1. The molecule has 15 heavy (non-hydrogen) atoms. The minimum Gasteiger partial charge on any atom is -0.381 e. The van der Waals surface area contributed by atoms with E-state index < -0.39 is 0 Å². The molecule has 0 saturated carbocycles. The van der Waals surface area contributed by atoms with Crippen LogP contribution in [-0.4, -0.2) is 51.3 Å². The van der Waals surface area contributed by atoms with Crippen LogP contribution in [0.3, 0.4) is 0 Å². The first-order valence-corrected chi connectivity index (χ1v) is 5.59. The van der Waals surface area contributed by atoms with Crippen molar-refractivity contribution in [3.8, 4) is 6.07 Å². The van der Waals surface area contributed by atoms with E-state index in [0.29, 0.717) is 5.92 Å². The molecule has 0 spiro atoms. The average molecular weight is 211 g/mol. The van der Waals surface area contributed by atoms with Gasteiger partial charge in [-0.1, -0.05) is 0 Å². The Bertz CT molecular complexity index is 206. The van der Waals surface area contributed by atoms with Crippen LogP contribution >= 0.6 is 0 Å². The molecule has 4 nitrogen and oxygen atoms in total. The molecule has 0 aromatic carbocycles. The molecular weight excluding hydrogens is 190 g/mol. The molecule has 0 bridgehead atoms. The van der Waals surface area contributed by atoms with Crippen molar-refractivity contribution in [2.75, 3.05) is 40.4 Å². The molecule has 86 valence electrons. The maximum absolute atomic E-state index is 9.06. The molecule has 0 amide bonds. The van der Waals surface area contributed by atoms with Gasteiger partial charge in [-0.15, -0.1) is 0 Å². The molecule has 1 saturated heterocycles. The maximum Gasteiger partial charge on any atom is 0.100 e. The fraction of sp³-hybridized carbons (Fsp3) is 0.909. The molecular formula is C11H21N3O. The van der Waals surface area contributed by atoms with E-state index in [1.54, 1.807) is 0 Å². The van der Waals surface area contributed by atoms with Crippen LogP contribution in [0, 0.1) is 17.2 Å². The van der Waals surface area contributed by atoms with E-state index in [1.807, 2.05) is 14.1 Å². The van der Waals surface area contributed by atoms with Crippen LogP contribution in [0.1, 0.15) is 12.8 Å². The van der Waals surface area contributed by atoms with Gasteiger partial charge in [0.25, 0.3) is 0 Å². The smallest absolute Gasteiger partial charge is 0.100 e. The Morgan fingerprint density at radius 3 is 2.93 bits per heavy atom. The molecule has 1 rings (SSSR count). The van der Waals surface area contributed by atoms with E-state index in [0.717, 1.165) is 39.1 Å². The van der Waals surface area contributed by atoms with E-state index in [4.69, 9.17) is 10.00 Å². The number of ether oxygens (including phenoxy) is 1. The molecule has 0 radical (unpaired) electrons. The Morgan fingerprint density at radius 1 is 1.60 bits per heavy atom. The summed E-state index contributed by atoms with van der Waals surface area (Å²) in [5, 5.41) is 12.3. The number of nitrogens with zero attached hydrogens (tertiary/aromatic N) is 2. The van der Waals surface area contributed by atoms with Gasteiger partial charge in [0.15, 0.2) is 0 Å². The lowest BCUT2D eigenvalue weighted by atomic mass is 9.94. The van der Waals surface area contributed by atoms with Gasteiger partial charge in [-0.3, -0.25) is 0 Å². The normalized spacial score (nSPS) is 23.7. The minimum absolute atomic E-state index is 0.0507. The van der Waals surface area contributed by atoms with Crippen LogP contribution < -0.4 is 5.32 Å². The van der Waals surface area contributed by atoms with Crippen molar-refractivity contribution in [3.05, 3.63) is 0 Å². The first-order valence-electron chi connectivity index (χ1n) is 5.59. The summed E-state index contributed by atoms with van der Waals surface area (Å²) >= 11 is 0. The Hall–Kier alpha value is -0.630. The Morgan fingerprint density at radius 2 is 2.40 bits per heavy atom. The number of likely N-dealkylation sites (N-methyl/N-ethyl adjacent to an activating group) is 1. The molecule has 1 aliphatic rings. The third-order valence-corrected chi connectivity index (χ3v) is 2.73. The number of rotatable bonds is 5.